The summed E-state index contributed by atoms with van der Waals surface area (Å²) >= 11 is 6.15. The van der Waals surface area contributed by atoms with Crippen LogP contribution in [0.25, 0.3) is 0 Å². The second kappa shape index (κ2) is 8.15. The first-order valence-electron chi connectivity index (χ1n) is 10.9. The molecule has 5 rings (SSSR count). The highest BCUT2D eigenvalue weighted by Gasteiger charge is 2.53. The molecule has 1 aromatic carbocycles. The van der Waals surface area contributed by atoms with Gasteiger partial charge in [0.05, 0.1) is 12.8 Å². The average molecular weight is 428 g/mol. The normalized spacial score (nSPS) is 30.5. The maximum Gasteiger partial charge on any atom is 0.263 e. The van der Waals surface area contributed by atoms with Crippen molar-refractivity contribution < 1.29 is 9.53 Å². The lowest BCUT2D eigenvalue weighted by Crippen LogP contribution is -2.56. The number of nitriles is 1. The van der Waals surface area contributed by atoms with Crippen LogP contribution < -0.4 is 15.4 Å². The van der Waals surface area contributed by atoms with Gasteiger partial charge >= 0.3 is 0 Å². The van der Waals surface area contributed by atoms with Crippen molar-refractivity contribution >= 4 is 23.2 Å². The Balaban J connectivity index is 1.46. The fourth-order valence-electron chi connectivity index (χ4n) is 6.38. The number of methoxy groups -OCH3 is 1. The van der Waals surface area contributed by atoms with E-state index in [-0.39, 0.29) is 22.9 Å². The van der Waals surface area contributed by atoms with Crippen molar-refractivity contribution in [3.63, 3.8) is 0 Å². The number of anilines is 1. The van der Waals surface area contributed by atoms with Crippen molar-refractivity contribution in [1.29, 1.82) is 5.26 Å². The number of halogens is 1. The molecule has 1 amide bonds. The van der Waals surface area contributed by atoms with Gasteiger partial charge in [-0.2, -0.15) is 5.26 Å². The second-order valence-electron chi connectivity index (χ2n) is 9.59. The molecule has 6 heteroatoms. The summed E-state index contributed by atoms with van der Waals surface area (Å²) < 4.78 is 5.35. The molecule has 4 saturated carbocycles. The van der Waals surface area contributed by atoms with Crippen molar-refractivity contribution in [3.05, 3.63) is 34.5 Å². The second-order valence-corrected chi connectivity index (χ2v) is 10.00. The first-order valence-corrected chi connectivity index (χ1v) is 11.2. The highest BCUT2D eigenvalue weighted by Crippen LogP contribution is 2.61. The van der Waals surface area contributed by atoms with Gasteiger partial charge < -0.3 is 15.4 Å². The van der Waals surface area contributed by atoms with Crippen LogP contribution in [0.1, 0.15) is 51.0 Å². The summed E-state index contributed by atoms with van der Waals surface area (Å²) in [6.45, 7) is 4.01. The lowest BCUT2D eigenvalue weighted by Gasteiger charge is -2.59. The number of hydrogen-bond donors (Lipinski definition) is 2. The Bertz CT molecular complexity index is 882. The molecule has 0 aromatic heterocycles. The number of carbonyl (C=O) groups is 1. The molecule has 0 aliphatic heterocycles. The number of benzene rings is 1. The molecule has 5 nitrogen and oxygen atoms in total. The Morgan fingerprint density at radius 3 is 2.40 bits per heavy atom. The highest BCUT2D eigenvalue weighted by atomic mass is 35.5. The minimum Gasteiger partial charge on any atom is -0.495 e. The number of nitrogens with one attached hydrogen (secondary N) is 2. The van der Waals surface area contributed by atoms with Gasteiger partial charge in [-0.05, 0) is 87.2 Å². The third-order valence-electron chi connectivity index (χ3n) is 7.57. The van der Waals surface area contributed by atoms with E-state index in [1.165, 1.54) is 44.7 Å². The summed E-state index contributed by atoms with van der Waals surface area (Å²) in [6, 6.07) is 5.66. The van der Waals surface area contributed by atoms with Crippen LogP contribution >= 0.6 is 11.6 Å². The molecular weight excluding hydrogens is 398 g/mol. The van der Waals surface area contributed by atoms with Crippen LogP contribution in [0.5, 0.6) is 5.75 Å². The summed E-state index contributed by atoms with van der Waals surface area (Å²) in [6.07, 6.45) is 9.20. The highest BCUT2D eigenvalue weighted by molar-refractivity contribution is 6.31. The molecule has 1 aromatic rings. The SMILES string of the molecule is COc1cc(Cl)c(C)cc1N/C=C(/C#N)C(=O)NC(C)C12CC3CC(CC(C3)C1)C2. The first kappa shape index (κ1) is 21.1. The van der Waals surface area contributed by atoms with E-state index < -0.39 is 0 Å². The molecule has 4 bridgehead atoms. The Morgan fingerprint density at radius 2 is 1.87 bits per heavy atom. The monoisotopic (exact) mass is 427 g/mol. The van der Waals surface area contributed by atoms with Gasteiger partial charge in [-0.15, -0.1) is 0 Å². The van der Waals surface area contributed by atoms with Gasteiger partial charge in [-0.3, -0.25) is 4.79 Å². The molecule has 0 radical (unpaired) electrons. The summed E-state index contributed by atoms with van der Waals surface area (Å²) in [5, 5.41) is 16.4. The molecular formula is C24H30ClN3O2. The number of ether oxygens (including phenoxy) is 1. The third kappa shape index (κ3) is 3.90. The van der Waals surface area contributed by atoms with Gasteiger partial charge in [0, 0.05) is 23.3 Å². The molecule has 4 aliphatic rings. The van der Waals surface area contributed by atoms with Gasteiger partial charge in [-0.1, -0.05) is 11.6 Å². The van der Waals surface area contributed by atoms with Gasteiger partial charge in [0.1, 0.15) is 17.4 Å². The molecule has 2 N–H and O–H groups in total. The van der Waals surface area contributed by atoms with Crippen LogP contribution in [0.15, 0.2) is 23.9 Å². The van der Waals surface area contributed by atoms with E-state index in [0.29, 0.717) is 16.5 Å². The lowest BCUT2D eigenvalue weighted by atomic mass is 9.48. The van der Waals surface area contributed by atoms with Crippen molar-refractivity contribution in [2.24, 2.45) is 23.2 Å². The van der Waals surface area contributed by atoms with Gasteiger partial charge in [0.15, 0.2) is 0 Å². The van der Waals surface area contributed by atoms with Crippen LogP contribution in [0.4, 0.5) is 5.69 Å². The van der Waals surface area contributed by atoms with E-state index in [2.05, 4.69) is 17.6 Å². The van der Waals surface area contributed by atoms with Crippen molar-refractivity contribution in [1.82, 2.24) is 5.32 Å². The maximum absolute atomic E-state index is 12.9. The van der Waals surface area contributed by atoms with E-state index in [0.717, 1.165) is 23.3 Å². The zero-order valence-electron chi connectivity index (χ0n) is 17.9. The van der Waals surface area contributed by atoms with Crippen LogP contribution in [-0.4, -0.2) is 19.1 Å². The molecule has 0 heterocycles. The number of hydrogen-bond acceptors (Lipinski definition) is 4. The smallest absolute Gasteiger partial charge is 0.263 e. The lowest BCUT2D eigenvalue weighted by molar-refractivity contribution is -0.122. The minimum atomic E-state index is -0.321. The van der Waals surface area contributed by atoms with Crippen LogP contribution in [0.3, 0.4) is 0 Å². The van der Waals surface area contributed by atoms with Gasteiger partial charge in [-0.25, -0.2) is 0 Å². The molecule has 4 aliphatic carbocycles. The van der Waals surface area contributed by atoms with Crippen LogP contribution in [0, 0.1) is 41.4 Å². The molecule has 30 heavy (non-hydrogen) atoms. The molecule has 1 atom stereocenters. The number of aryl methyl sites for hydroxylation is 1. The summed E-state index contributed by atoms with van der Waals surface area (Å²) in [5.74, 6) is 2.70. The fourth-order valence-corrected chi connectivity index (χ4v) is 6.53. The third-order valence-corrected chi connectivity index (χ3v) is 7.98. The molecule has 4 fully saturated rings. The standard InChI is InChI=1S/C24H30ClN3O2/c1-14-4-21(22(30-3)8-20(14)25)27-13-19(12-26)23(29)28-15(2)24-9-16-5-17(10-24)7-18(6-16)11-24/h4,8,13,15-18,27H,5-7,9-11H2,1-3H3,(H,28,29)/b19-13-. The number of amides is 1. The Labute approximate surface area is 183 Å². The van der Waals surface area contributed by atoms with Crippen LogP contribution in [-0.2, 0) is 4.79 Å². The Morgan fingerprint density at radius 1 is 1.27 bits per heavy atom. The van der Waals surface area contributed by atoms with Crippen molar-refractivity contribution in [2.75, 3.05) is 12.4 Å². The zero-order valence-corrected chi connectivity index (χ0v) is 18.7. The topological polar surface area (TPSA) is 74.1 Å². The van der Waals surface area contributed by atoms with Crippen molar-refractivity contribution in [2.45, 2.75) is 58.4 Å². The predicted molar refractivity (Wildman–Crippen MR) is 118 cm³/mol. The summed E-state index contributed by atoms with van der Waals surface area (Å²) in [5.41, 5.74) is 1.80. The maximum atomic E-state index is 12.9. The number of carbonyl (C=O) groups excluding carboxylic acids is 1. The molecule has 0 saturated heterocycles. The fraction of sp³-hybridized carbons (Fsp3) is 0.583. The zero-order chi connectivity index (χ0) is 21.5. The van der Waals surface area contributed by atoms with Gasteiger partial charge in [0.2, 0.25) is 0 Å². The minimum absolute atomic E-state index is 0.0567. The first-order chi connectivity index (χ1) is 14.3. The van der Waals surface area contributed by atoms with E-state index in [1.807, 2.05) is 19.1 Å². The van der Waals surface area contributed by atoms with E-state index in [1.54, 1.807) is 13.2 Å². The van der Waals surface area contributed by atoms with E-state index >= 15 is 0 Å². The Hall–Kier alpha value is -2.19. The average Bonchev–Trinajstić information content (AvgIpc) is 2.69. The summed E-state index contributed by atoms with van der Waals surface area (Å²) in [4.78, 5) is 12.9. The largest absolute Gasteiger partial charge is 0.495 e. The molecule has 160 valence electrons. The number of nitrogens with zero attached hydrogens (tertiary/aromatic N) is 1. The molecule has 0 spiro atoms. The number of rotatable bonds is 6. The Kier molecular flexibility index (Phi) is 5.72. The summed E-state index contributed by atoms with van der Waals surface area (Å²) in [7, 11) is 1.56. The predicted octanol–water partition coefficient (Wildman–Crippen LogP) is 5.20. The van der Waals surface area contributed by atoms with Crippen molar-refractivity contribution in [3.8, 4) is 11.8 Å². The quantitative estimate of drug-likeness (QED) is 0.483. The van der Waals surface area contributed by atoms with Gasteiger partial charge in [0.25, 0.3) is 5.91 Å². The molecule has 1 unspecified atom stereocenters. The van der Waals surface area contributed by atoms with E-state index in [9.17, 15) is 10.1 Å². The van der Waals surface area contributed by atoms with Crippen LogP contribution in [0.2, 0.25) is 5.02 Å². The van der Waals surface area contributed by atoms with E-state index in [4.69, 9.17) is 16.3 Å².